The minimum absolute atomic E-state index is 0.000401. The van der Waals surface area contributed by atoms with E-state index >= 15 is 0 Å². The van der Waals surface area contributed by atoms with Crippen LogP contribution >= 0.6 is 0 Å². The number of imide groups is 1. The topological polar surface area (TPSA) is 150 Å². The molecular formula is C27H27N5O7. The fourth-order valence-corrected chi connectivity index (χ4v) is 5.72. The number of hydrogen-bond donors (Lipinski definition) is 3. The average Bonchev–Trinajstić information content (AvgIpc) is 3.58. The fraction of sp³-hybridized carbons (Fsp3) is 0.370. The number of hydrogen-bond acceptors (Lipinski definition) is 7. The van der Waals surface area contributed by atoms with E-state index in [9.17, 15) is 24.0 Å². The van der Waals surface area contributed by atoms with Gasteiger partial charge in [-0.3, -0.25) is 24.5 Å². The molecule has 2 saturated heterocycles. The van der Waals surface area contributed by atoms with Gasteiger partial charge in [0.1, 0.15) is 17.3 Å². The summed E-state index contributed by atoms with van der Waals surface area (Å²) >= 11 is 0. The molecule has 3 atom stereocenters. The van der Waals surface area contributed by atoms with Gasteiger partial charge in [0.25, 0.3) is 11.8 Å². The molecule has 6 rings (SSSR count). The lowest BCUT2D eigenvalue weighted by Crippen LogP contribution is -2.52. The number of benzene rings is 1. The zero-order valence-corrected chi connectivity index (χ0v) is 21.4. The van der Waals surface area contributed by atoms with Crippen LogP contribution in [0.25, 0.3) is 6.08 Å². The van der Waals surface area contributed by atoms with Crippen LogP contribution in [0.2, 0.25) is 0 Å². The highest BCUT2D eigenvalue weighted by Gasteiger charge is 2.53. The number of methoxy groups -OCH3 is 1. The Hall–Kier alpha value is -4.61. The van der Waals surface area contributed by atoms with Crippen molar-refractivity contribution in [3.8, 4) is 5.75 Å². The van der Waals surface area contributed by atoms with E-state index in [0.29, 0.717) is 35.7 Å². The summed E-state index contributed by atoms with van der Waals surface area (Å²) in [4.78, 5) is 66.9. The molecule has 1 aliphatic carbocycles. The van der Waals surface area contributed by atoms with Crippen molar-refractivity contribution in [1.82, 2.24) is 25.8 Å². The summed E-state index contributed by atoms with van der Waals surface area (Å²) < 4.78 is 11.5. The first kappa shape index (κ1) is 24.7. The zero-order valence-electron chi connectivity index (χ0n) is 21.4. The Morgan fingerprint density at radius 2 is 2.00 bits per heavy atom. The van der Waals surface area contributed by atoms with Crippen molar-refractivity contribution in [2.45, 2.75) is 24.9 Å². The molecule has 4 heterocycles. The summed E-state index contributed by atoms with van der Waals surface area (Å²) in [6.45, 7) is 2.76. The van der Waals surface area contributed by atoms with Crippen molar-refractivity contribution < 1.29 is 33.1 Å². The van der Waals surface area contributed by atoms with Crippen molar-refractivity contribution in [3.63, 3.8) is 0 Å². The molecule has 0 radical (unpaired) electrons. The smallest absolute Gasteiger partial charge is 0.322 e. The summed E-state index contributed by atoms with van der Waals surface area (Å²) in [7, 11) is 1.52. The first-order chi connectivity index (χ1) is 18.7. The Balaban J connectivity index is 1.30. The van der Waals surface area contributed by atoms with Gasteiger partial charge in [0.15, 0.2) is 5.54 Å². The third kappa shape index (κ3) is 3.94. The second-order valence-corrected chi connectivity index (χ2v) is 10.2. The molecule has 2 unspecified atom stereocenters. The standard InChI is InChI=1S/C27H27N5O7/c1-14-18(23(34)31-8-7-28-21(33)12-31)6-4-15-9-20(39-22(14)15)27(25(36)29-26(37)30-27)13-32-11-16-3-5-17(38-2)10-19(16)24(32)35/h3-6,9-10,14,18H,7-8,11-13H2,1-2H3,(H,28,33)(H2,29,30,36,37)/t14?,18?,27-/m0/s1. The maximum absolute atomic E-state index is 13.3. The predicted octanol–water partition coefficient (Wildman–Crippen LogP) is 0.684. The fourth-order valence-electron chi connectivity index (χ4n) is 5.72. The first-order valence-electron chi connectivity index (χ1n) is 12.7. The van der Waals surface area contributed by atoms with Crippen LogP contribution in [0.4, 0.5) is 4.79 Å². The molecule has 1 aromatic carbocycles. The maximum atomic E-state index is 13.3. The molecule has 2 aromatic rings. The van der Waals surface area contributed by atoms with Crippen molar-refractivity contribution in [2.24, 2.45) is 5.92 Å². The number of rotatable bonds is 5. The van der Waals surface area contributed by atoms with Crippen LogP contribution in [0.5, 0.6) is 5.75 Å². The number of nitrogens with one attached hydrogen (secondary N) is 3. The molecule has 6 amide bonds. The molecular weight excluding hydrogens is 506 g/mol. The van der Waals surface area contributed by atoms with E-state index in [2.05, 4.69) is 16.0 Å². The number of fused-ring (bicyclic) bond motifs is 2. The SMILES string of the molecule is COc1ccc2c(c1)C(=O)N(C[C@@]1(c3cc4c(o3)C(C)C(C(=O)N3CCNC(=O)C3)C=C4)NC(=O)NC1=O)C2. The van der Waals surface area contributed by atoms with Crippen molar-refractivity contribution >= 4 is 35.7 Å². The van der Waals surface area contributed by atoms with Gasteiger partial charge in [-0.25, -0.2) is 4.79 Å². The van der Waals surface area contributed by atoms with E-state index in [0.717, 1.165) is 5.56 Å². The molecule has 2 fully saturated rings. The van der Waals surface area contributed by atoms with E-state index in [1.807, 2.05) is 6.92 Å². The molecule has 12 heteroatoms. The van der Waals surface area contributed by atoms with Gasteiger partial charge in [-0.15, -0.1) is 0 Å². The average molecular weight is 534 g/mol. The number of nitrogens with zero attached hydrogens (tertiary/aromatic N) is 2. The molecule has 0 saturated carbocycles. The number of amides is 6. The number of furan rings is 1. The van der Waals surface area contributed by atoms with Gasteiger partial charge in [-0.05, 0) is 23.8 Å². The second kappa shape index (κ2) is 9.00. The van der Waals surface area contributed by atoms with Crippen LogP contribution in [0.15, 0.2) is 34.8 Å². The molecule has 3 aliphatic heterocycles. The monoisotopic (exact) mass is 533 g/mol. The number of piperazine rings is 1. The molecule has 12 nitrogen and oxygen atoms in total. The van der Waals surface area contributed by atoms with Gasteiger partial charge >= 0.3 is 6.03 Å². The normalized spacial score (nSPS) is 25.7. The van der Waals surface area contributed by atoms with Gasteiger partial charge in [-0.1, -0.05) is 25.1 Å². The van der Waals surface area contributed by atoms with Crippen LogP contribution in [0, 0.1) is 5.92 Å². The van der Waals surface area contributed by atoms with Gasteiger partial charge in [-0.2, -0.15) is 0 Å². The highest BCUT2D eigenvalue weighted by molar-refractivity contribution is 6.08. The molecule has 4 aliphatic rings. The number of ether oxygens (including phenoxy) is 1. The summed E-state index contributed by atoms with van der Waals surface area (Å²) in [5.74, 6) is -1.07. The van der Waals surface area contributed by atoms with Crippen molar-refractivity contribution in [1.29, 1.82) is 0 Å². The summed E-state index contributed by atoms with van der Waals surface area (Å²) in [6.07, 6.45) is 3.52. The highest BCUT2D eigenvalue weighted by Crippen LogP contribution is 2.41. The van der Waals surface area contributed by atoms with E-state index in [1.54, 1.807) is 36.4 Å². The van der Waals surface area contributed by atoms with Gasteiger partial charge in [0.2, 0.25) is 11.8 Å². The van der Waals surface area contributed by atoms with Gasteiger partial charge < -0.3 is 29.6 Å². The van der Waals surface area contributed by atoms with Crippen LogP contribution in [-0.2, 0) is 26.5 Å². The largest absolute Gasteiger partial charge is 0.497 e. The van der Waals surface area contributed by atoms with E-state index < -0.39 is 29.3 Å². The summed E-state index contributed by atoms with van der Waals surface area (Å²) in [5.41, 5.74) is 0.266. The third-order valence-corrected chi connectivity index (χ3v) is 7.85. The van der Waals surface area contributed by atoms with E-state index in [1.165, 1.54) is 16.9 Å². The Morgan fingerprint density at radius 3 is 2.72 bits per heavy atom. The lowest BCUT2D eigenvalue weighted by atomic mass is 9.84. The molecule has 202 valence electrons. The quantitative estimate of drug-likeness (QED) is 0.479. The minimum Gasteiger partial charge on any atom is -0.497 e. The Kier molecular flexibility index (Phi) is 5.70. The minimum atomic E-state index is -1.66. The van der Waals surface area contributed by atoms with Crippen LogP contribution < -0.4 is 20.7 Å². The van der Waals surface area contributed by atoms with Crippen LogP contribution in [-0.4, -0.2) is 72.7 Å². The lowest BCUT2D eigenvalue weighted by molar-refractivity contribution is -0.140. The van der Waals surface area contributed by atoms with Gasteiger partial charge in [0.05, 0.1) is 26.1 Å². The number of carbonyl (C=O) groups excluding carboxylic acids is 5. The van der Waals surface area contributed by atoms with Crippen molar-refractivity contribution in [3.05, 3.63) is 58.6 Å². The van der Waals surface area contributed by atoms with Crippen LogP contribution in [0.3, 0.4) is 0 Å². The second-order valence-electron chi connectivity index (χ2n) is 10.2. The maximum Gasteiger partial charge on any atom is 0.322 e. The van der Waals surface area contributed by atoms with Crippen LogP contribution in [0.1, 0.15) is 45.8 Å². The molecule has 0 spiro atoms. The number of carbonyl (C=O) groups is 5. The molecule has 0 bridgehead atoms. The summed E-state index contributed by atoms with van der Waals surface area (Å²) in [6, 6.07) is 6.18. The highest BCUT2D eigenvalue weighted by atomic mass is 16.5. The molecule has 1 aromatic heterocycles. The first-order valence-corrected chi connectivity index (χ1v) is 12.7. The predicted molar refractivity (Wildman–Crippen MR) is 135 cm³/mol. The Morgan fingerprint density at radius 1 is 1.18 bits per heavy atom. The van der Waals surface area contributed by atoms with E-state index in [-0.39, 0.29) is 43.1 Å². The number of urea groups is 1. The molecule has 3 N–H and O–H groups in total. The van der Waals surface area contributed by atoms with Crippen molar-refractivity contribution in [2.75, 3.05) is 33.3 Å². The Bertz CT molecular complexity index is 1460. The van der Waals surface area contributed by atoms with Gasteiger partial charge in [0, 0.05) is 36.7 Å². The zero-order chi connectivity index (χ0) is 27.5. The van der Waals surface area contributed by atoms with E-state index in [4.69, 9.17) is 9.15 Å². The summed E-state index contributed by atoms with van der Waals surface area (Å²) in [5, 5.41) is 7.68. The molecule has 39 heavy (non-hydrogen) atoms. The third-order valence-electron chi connectivity index (χ3n) is 7.85. The lowest BCUT2D eigenvalue weighted by Gasteiger charge is -2.32. The Labute approximate surface area is 223 Å².